The summed E-state index contributed by atoms with van der Waals surface area (Å²) in [6.07, 6.45) is 0. The number of rotatable bonds is 2. The van der Waals surface area contributed by atoms with Crippen LogP contribution < -0.4 is 0 Å². The molecule has 10 rings (SSSR count). The van der Waals surface area contributed by atoms with E-state index in [0.29, 0.717) is 0 Å². The summed E-state index contributed by atoms with van der Waals surface area (Å²) in [7, 11) is 0. The minimum Gasteiger partial charge on any atom is -0.456 e. The van der Waals surface area contributed by atoms with E-state index in [2.05, 4.69) is 158 Å². The van der Waals surface area contributed by atoms with E-state index >= 15 is 0 Å². The quantitative estimate of drug-likeness (QED) is 0.188. The maximum atomic E-state index is 6.51. The van der Waals surface area contributed by atoms with Crippen LogP contribution in [0.15, 0.2) is 162 Å². The van der Waals surface area contributed by atoms with Crippen LogP contribution >= 0.6 is 0 Å². The van der Waals surface area contributed by atoms with Crippen LogP contribution in [0.2, 0.25) is 0 Å². The second kappa shape index (κ2) is 9.29. The standard InChI is InChI=1S/C44H26O/c1-2-8-27(9-3-1)30-16-14-28-15-17-31(23-33(28)22-30)32-18-20-37-38(24-32)35-12-6-7-13-36(35)39-25-41-43(26-40(37)39)45-42-21-19-29-10-4-5-11-34(29)44(41)42/h1-26H. The van der Waals surface area contributed by atoms with Gasteiger partial charge in [-0.2, -0.15) is 0 Å². The minimum absolute atomic E-state index is 0.929. The van der Waals surface area contributed by atoms with Crippen LogP contribution in [-0.4, -0.2) is 0 Å². The van der Waals surface area contributed by atoms with E-state index < -0.39 is 0 Å². The van der Waals surface area contributed by atoms with E-state index in [0.717, 1.165) is 11.2 Å². The molecule has 0 aliphatic carbocycles. The third-order valence-corrected chi connectivity index (χ3v) is 9.60. The van der Waals surface area contributed by atoms with E-state index in [-0.39, 0.29) is 0 Å². The summed E-state index contributed by atoms with van der Waals surface area (Å²) < 4.78 is 6.51. The van der Waals surface area contributed by atoms with Crippen molar-refractivity contribution < 1.29 is 4.42 Å². The fraction of sp³-hybridized carbons (Fsp3) is 0. The molecule has 0 saturated heterocycles. The van der Waals surface area contributed by atoms with Gasteiger partial charge in [0.15, 0.2) is 0 Å². The number of fused-ring (bicyclic) bond motifs is 12. The maximum Gasteiger partial charge on any atom is 0.136 e. The van der Waals surface area contributed by atoms with Crippen LogP contribution in [-0.2, 0) is 0 Å². The topological polar surface area (TPSA) is 13.1 Å². The fourth-order valence-electron chi connectivity index (χ4n) is 7.41. The molecule has 1 nitrogen and oxygen atoms in total. The van der Waals surface area contributed by atoms with Crippen LogP contribution in [0.3, 0.4) is 0 Å². The molecule has 10 aromatic rings. The smallest absolute Gasteiger partial charge is 0.136 e. The lowest BCUT2D eigenvalue weighted by Crippen LogP contribution is -1.86. The number of benzene rings is 9. The Hall–Kier alpha value is -5.92. The lowest BCUT2D eigenvalue weighted by atomic mass is 9.90. The van der Waals surface area contributed by atoms with Gasteiger partial charge in [0, 0.05) is 10.8 Å². The number of furan rings is 1. The Bertz CT molecular complexity index is 2800. The van der Waals surface area contributed by atoms with Crippen LogP contribution in [0.1, 0.15) is 0 Å². The zero-order valence-electron chi connectivity index (χ0n) is 24.4. The molecule has 0 spiro atoms. The third-order valence-electron chi connectivity index (χ3n) is 9.60. The van der Waals surface area contributed by atoms with Crippen molar-refractivity contribution in [3.63, 3.8) is 0 Å². The highest BCUT2D eigenvalue weighted by Crippen LogP contribution is 2.42. The summed E-state index contributed by atoms with van der Waals surface area (Å²) in [4.78, 5) is 0. The molecule has 0 atom stereocenters. The molecule has 0 N–H and O–H groups in total. The SMILES string of the molecule is c1ccc(-c2ccc3ccc(-c4ccc5c(c4)c4ccccc4c4cc6c(cc54)oc4ccc5ccccc5c46)cc3c2)cc1. The Morgan fingerprint density at radius 1 is 0.267 bits per heavy atom. The Morgan fingerprint density at radius 3 is 1.64 bits per heavy atom. The monoisotopic (exact) mass is 570 g/mol. The molecule has 0 saturated carbocycles. The maximum absolute atomic E-state index is 6.51. The van der Waals surface area contributed by atoms with E-state index in [4.69, 9.17) is 4.42 Å². The second-order valence-electron chi connectivity index (χ2n) is 12.1. The zero-order valence-corrected chi connectivity index (χ0v) is 24.4. The van der Waals surface area contributed by atoms with Crippen molar-refractivity contribution in [2.24, 2.45) is 0 Å². The van der Waals surface area contributed by atoms with Crippen molar-refractivity contribution >= 4 is 75.8 Å². The van der Waals surface area contributed by atoms with Crippen LogP contribution in [0.25, 0.3) is 98.1 Å². The van der Waals surface area contributed by atoms with E-state index in [9.17, 15) is 0 Å². The van der Waals surface area contributed by atoms with Gasteiger partial charge in [0.25, 0.3) is 0 Å². The van der Waals surface area contributed by atoms with Crippen molar-refractivity contribution in [2.45, 2.75) is 0 Å². The van der Waals surface area contributed by atoms with E-state index in [1.807, 2.05) is 0 Å². The predicted octanol–water partition coefficient (Wildman–Crippen LogP) is 12.7. The summed E-state index contributed by atoms with van der Waals surface area (Å²) >= 11 is 0. The number of hydrogen-bond donors (Lipinski definition) is 0. The molecule has 0 radical (unpaired) electrons. The van der Waals surface area contributed by atoms with Gasteiger partial charge in [-0.25, -0.2) is 0 Å². The molecule has 0 unspecified atom stereocenters. The molecule has 0 amide bonds. The van der Waals surface area contributed by atoms with Gasteiger partial charge in [0.1, 0.15) is 11.2 Å². The molecule has 1 aromatic heterocycles. The Balaban J connectivity index is 1.21. The lowest BCUT2D eigenvalue weighted by Gasteiger charge is -2.13. The molecule has 208 valence electrons. The first kappa shape index (κ1) is 24.5. The summed E-state index contributed by atoms with van der Waals surface area (Å²) in [5.41, 5.74) is 6.77. The fourth-order valence-corrected chi connectivity index (χ4v) is 7.41. The molecular weight excluding hydrogens is 544 g/mol. The Morgan fingerprint density at radius 2 is 0.844 bits per heavy atom. The van der Waals surface area contributed by atoms with Gasteiger partial charge in [-0.15, -0.1) is 0 Å². The average molecular weight is 571 g/mol. The Kier molecular flexibility index (Phi) is 5.06. The predicted molar refractivity (Wildman–Crippen MR) is 192 cm³/mol. The highest BCUT2D eigenvalue weighted by Gasteiger charge is 2.16. The van der Waals surface area contributed by atoms with Gasteiger partial charge in [-0.3, -0.25) is 0 Å². The highest BCUT2D eigenvalue weighted by atomic mass is 16.3. The third kappa shape index (κ3) is 3.68. The van der Waals surface area contributed by atoms with Gasteiger partial charge in [-0.1, -0.05) is 121 Å². The van der Waals surface area contributed by atoms with Crippen molar-refractivity contribution in [1.29, 1.82) is 0 Å². The lowest BCUT2D eigenvalue weighted by molar-refractivity contribution is 0.670. The zero-order chi connectivity index (χ0) is 29.5. The molecule has 0 bridgehead atoms. The molecule has 0 aliphatic rings. The van der Waals surface area contributed by atoms with Gasteiger partial charge in [0.2, 0.25) is 0 Å². The van der Waals surface area contributed by atoms with Gasteiger partial charge in [0.05, 0.1) is 0 Å². The first-order chi connectivity index (χ1) is 22.3. The van der Waals surface area contributed by atoms with Crippen LogP contribution in [0.4, 0.5) is 0 Å². The van der Waals surface area contributed by atoms with Crippen LogP contribution in [0, 0.1) is 0 Å². The van der Waals surface area contributed by atoms with Gasteiger partial charge >= 0.3 is 0 Å². The minimum atomic E-state index is 0.929. The molecule has 1 heteroatoms. The van der Waals surface area contributed by atoms with Crippen LogP contribution in [0.5, 0.6) is 0 Å². The molecule has 1 heterocycles. The van der Waals surface area contributed by atoms with E-state index in [1.165, 1.54) is 86.9 Å². The summed E-state index contributed by atoms with van der Waals surface area (Å²) in [5.74, 6) is 0. The number of hydrogen-bond acceptors (Lipinski definition) is 1. The van der Waals surface area contributed by atoms with Crippen molar-refractivity contribution in [1.82, 2.24) is 0 Å². The first-order valence-electron chi connectivity index (χ1n) is 15.5. The van der Waals surface area contributed by atoms with E-state index in [1.54, 1.807) is 0 Å². The largest absolute Gasteiger partial charge is 0.456 e. The average Bonchev–Trinajstić information content (AvgIpc) is 3.49. The highest BCUT2D eigenvalue weighted by molar-refractivity contribution is 6.30. The summed E-state index contributed by atoms with van der Waals surface area (Å²) in [6.45, 7) is 0. The van der Waals surface area contributed by atoms with Gasteiger partial charge in [-0.05, 0) is 113 Å². The van der Waals surface area contributed by atoms with Crippen molar-refractivity contribution in [2.75, 3.05) is 0 Å². The molecular formula is C44H26O. The molecule has 0 aliphatic heterocycles. The normalized spacial score (nSPS) is 12.0. The van der Waals surface area contributed by atoms with Crippen molar-refractivity contribution in [3.05, 3.63) is 158 Å². The Labute approximate surface area is 259 Å². The summed E-state index contributed by atoms with van der Waals surface area (Å²) in [5, 5.41) is 14.8. The van der Waals surface area contributed by atoms with Gasteiger partial charge < -0.3 is 4.42 Å². The molecule has 9 aromatic carbocycles. The molecule has 45 heavy (non-hydrogen) atoms. The first-order valence-corrected chi connectivity index (χ1v) is 15.5. The summed E-state index contributed by atoms with van der Waals surface area (Å²) in [6, 6.07) is 57.4. The molecule has 0 fully saturated rings. The second-order valence-corrected chi connectivity index (χ2v) is 12.1. The van der Waals surface area contributed by atoms with Crippen molar-refractivity contribution in [3.8, 4) is 22.3 Å².